The van der Waals surface area contributed by atoms with Crippen molar-refractivity contribution >= 4 is 11.9 Å². The van der Waals surface area contributed by atoms with Crippen molar-refractivity contribution in [2.45, 2.75) is 57.5 Å². The molecule has 158 valence electrons. The molecule has 7 heteroatoms. The van der Waals surface area contributed by atoms with Crippen LogP contribution < -0.4 is 5.56 Å². The zero-order chi connectivity index (χ0) is 21.1. The van der Waals surface area contributed by atoms with Crippen molar-refractivity contribution in [2.24, 2.45) is 5.41 Å². The van der Waals surface area contributed by atoms with Crippen molar-refractivity contribution < 1.29 is 14.3 Å². The number of benzene rings is 1. The number of aromatic nitrogens is 2. The van der Waals surface area contributed by atoms with Gasteiger partial charge in [0.25, 0.3) is 5.56 Å². The fraction of sp³-hybridized carbons (Fsp3) is 0.478. The summed E-state index contributed by atoms with van der Waals surface area (Å²) in [6, 6.07) is 12.9. The topological polar surface area (TPSA) is 92.4 Å². The monoisotopic (exact) mass is 409 g/mol. The summed E-state index contributed by atoms with van der Waals surface area (Å²) in [5.74, 6) is -0.157. The average Bonchev–Trinajstić information content (AvgIpc) is 3.30. The number of fused-ring (bicyclic) bond motifs is 2. The molecule has 1 aromatic carbocycles. The molecule has 0 spiro atoms. The average molecular weight is 409 g/mol. The lowest BCUT2D eigenvalue weighted by Crippen LogP contribution is -2.47. The Labute approximate surface area is 175 Å². The summed E-state index contributed by atoms with van der Waals surface area (Å²) in [7, 11) is 0. The predicted octanol–water partition coefficient (Wildman–Crippen LogP) is 2.26. The first-order valence-corrected chi connectivity index (χ1v) is 10.6. The summed E-state index contributed by atoms with van der Waals surface area (Å²) in [4.78, 5) is 39.4. The number of esters is 1. The largest absolute Gasteiger partial charge is 0.465 e. The van der Waals surface area contributed by atoms with E-state index in [1.807, 2.05) is 42.2 Å². The number of nitrogens with one attached hydrogen (secondary N) is 1. The van der Waals surface area contributed by atoms with Gasteiger partial charge in [-0.3, -0.25) is 14.4 Å². The first-order chi connectivity index (χ1) is 14.5. The van der Waals surface area contributed by atoms with Gasteiger partial charge in [-0.1, -0.05) is 30.3 Å². The van der Waals surface area contributed by atoms with Crippen LogP contribution in [0.4, 0.5) is 0 Å². The fourth-order valence-corrected chi connectivity index (χ4v) is 5.15. The van der Waals surface area contributed by atoms with E-state index in [2.05, 4.69) is 10.2 Å². The Morgan fingerprint density at radius 2 is 2.00 bits per heavy atom. The maximum atomic E-state index is 13.1. The lowest BCUT2D eigenvalue weighted by molar-refractivity contribution is -0.158. The van der Waals surface area contributed by atoms with Gasteiger partial charge in [0.15, 0.2) is 0 Å². The molecule has 2 fully saturated rings. The Balaban J connectivity index is 1.54. The van der Waals surface area contributed by atoms with Gasteiger partial charge in [-0.15, -0.1) is 0 Å². The van der Waals surface area contributed by atoms with E-state index in [4.69, 9.17) is 4.74 Å². The zero-order valence-corrected chi connectivity index (χ0v) is 17.2. The van der Waals surface area contributed by atoms with E-state index in [0.717, 1.165) is 18.4 Å². The Kier molecular flexibility index (Phi) is 5.70. The van der Waals surface area contributed by atoms with Crippen LogP contribution in [0, 0.1) is 5.41 Å². The number of rotatable bonds is 7. The van der Waals surface area contributed by atoms with Gasteiger partial charge in [-0.25, -0.2) is 5.10 Å². The molecule has 0 radical (unpaired) electrons. The van der Waals surface area contributed by atoms with Gasteiger partial charge in [0, 0.05) is 31.0 Å². The Morgan fingerprint density at radius 1 is 1.20 bits per heavy atom. The third kappa shape index (κ3) is 3.76. The number of ether oxygens (including phenoxy) is 1. The molecule has 2 aromatic rings. The second-order valence-electron chi connectivity index (χ2n) is 8.20. The Morgan fingerprint density at radius 3 is 2.70 bits per heavy atom. The van der Waals surface area contributed by atoms with Crippen molar-refractivity contribution in [3.05, 3.63) is 64.1 Å². The molecule has 1 aromatic heterocycles. The Bertz CT molecular complexity index is 953. The van der Waals surface area contributed by atoms with Crippen LogP contribution in [0.3, 0.4) is 0 Å². The minimum absolute atomic E-state index is 0.0368. The summed E-state index contributed by atoms with van der Waals surface area (Å²) in [5, 5.41) is 6.39. The number of nitrogens with zero attached hydrogens (tertiary/aromatic N) is 2. The van der Waals surface area contributed by atoms with Gasteiger partial charge in [0.1, 0.15) is 0 Å². The number of aryl methyl sites for hydroxylation is 1. The van der Waals surface area contributed by atoms with Crippen LogP contribution in [0.5, 0.6) is 0 Å². The van der Waals surface area contributed by atoms with Crippen molar-refractivity contribution in [1.29, 1.82) is 0 Å². The van der Waals surface area contributed by atoms with Crippen LogP contribution in [0.15, 0.2) is 47.3 Å². The second kappa shape index (κ2) is 8.42. The highest BCUT2D eigenvalue weighted by atomic mass is 16.5. The number of H-pyrrole nitrogens is 1. The van der Waals surface area contributed by atoms with E-state index < -0.39 is 5.41 Å². The van der Waals surface area contributed by atoms with Gasteiger partial charge >= 0.3 is 5.97 Å². The van der Waals surface area contributed by atoms with Crippen molar-refractivity contribution in [3.8, 4) is 0 Å². The molecular weight excluding hydrogens is 382 g/mol. The first kappa shape index (κ1) is 20.3. The standard InChI is InChI=1S/C23H27N3O4/c1-2-30-22(29)23(14-16-6-4-3-5-7-16)15-18-10-11-19(23)26(18)21(28)13-9-17-8-12-20(27)25-24-17/h3-8,12,18-19H,2,9-11,13-15H2,1H3,(H,25,27)/t18-,19+,23+/m1/s1. The molecular formula is C23H27N3O4. The predicted molar refractivity (Wildman–Crippen MR) is 111 cm³/mol. The third-order valence-electron chi connectivity index (χ3n) is 6.40. The third-order valence-corrected chi connectivity index (χ3v) is 6.40. The molecule has 1 amide bonds. The van der Waals surface area contributed by atoms with Gasteiger partial charge < -0.3 is 9.64 Å². The lowest BCUT2D eigenvalue weighted by atomic mass is 9.70. The molecule has 0 saturated carbocycles. The second-order valence-corrected chi connectivity index (χ2v) is 8.20. The molecule has 0 unspecified atom stereocenters. The van der Waals surface area contributed by atoms with Crippen LogP contribution >= 0.6 is 0 Å². The molecule has 2 aliphatic heterocycles. The highest BCUT2D eigenvalue weighted by Crippen LogP contribution is 2.52. The summed E-state index contributed by atoms with van der Waals surface area (Å²) >= 11 is 0. The molecule has 0 aliphatic carbocycles. The number of carbonyl (C=O) groups excluding carboxylic acids is 2. The number of hydrogen-bond donors (Lipinski definition) is 1. The van der Waals surface area contributed by atoms with Crippen molar-refractivity contribution in [1.82, 2.24) is 15.1 Å². The van der Waals surface area contributed by atoms with E-state index >= 15 is 0 Å². The number of aromatic amines is 1. The van der Waals surface area contributed by atoms with Crippen molar-refractivity contribution in [3.63, 3.8) is 0 Å². The smallest absolute Gasteiger partial charge is 0.314 e. The number of hydrogen-bond acceptors (Lipinski definition) is 5. The van der Waals surface area contributed by atoms with Gasteiger partial charge in [0.2, 0.25) is 5.91 Å². The van der Waals surface area contributed by atoms with E-state index in [9.17, 15) is 14.4 Å². The van der Waals surface area contributed by atoms with Crippen LogP contribution in [0.2, 0.25) is 0 Å². The van der Waals surface area contributed by atoms with Crippen LogP contribution in [-0.2, 0) is 27.2 Å². The quantitative estimate of drug-likeness (QED) is 0.708. The van der Waals surface area contributed by atoms with E-state index in [0.29, 0.717) is 38.0 Å². The lowest BCUT2D eigenvalue weighted by Gasteiger charge is -2.35. The molecule has 2 bridgehead atoms. The van der Waals surface area contributed by atoms with Crippen molar-refractivity contribution in [2.75, 3.05) is 6.61 Å². The van der Waals surface area contributed by atoms with Crippen LogP contribution in [0.25, 0.3) is 0 Å². The minimum Gasteiger partial charge on any atom is -0.465 e. The summed E-state index contributed by atoms with van der Waals surface area (Å²) in [5.41, 5.74) is 0.813. The number of carbonyl (C=O) groups is 2. The molecule has 4 rings (SSSR count). The minimum atomic E-state index is -0.688. The van der Waals surface area contributed by atoms with E-state index in [1.165, 1.54) is 6.07 Å². The molecule has 3 atom stereocenters. The van der Waals surface area contributed by atoms with Crippen LogP contribution in [-0.4, -0.2) is 45.7 Å². The van der Waals surface area contributed by atoms with Gasteiger partial charge in [-0.05, 0) is 44.2 Å². The normalized spacial score (nSPS) is 24.8. The van der Waals surface area contributed by atoms with E-state index in [-0.39, 0.29) is 29.5 Å². The molecule has 7 nitrogen and oxygen atoms in total. The summed E-state index contributed by atoms with van der Waals surface area (Å²) in [6.07, 6.45) is 3.72. The van der Waals surface area contributed by atoms with Gasteiger partial charge in [0.05, 0.1) is 17.7 Å². The molecule has 2 aliphatic rings. The van der Waals surface area contributed by atoms with Gasteiger partial charge in [-0.2, -0.15) is 5.10 Å². The summed E-state index contributed by atoms with van der Waals surface area (Å²) < 4.78 is 5.50. The van der Waals surface area contributed by atoms with E-state index in [1.54, 1.807) is 6.07 Å². The highest BCUT2D eigenvalue weighted by Gasteiger charge is 2.61. The molecule has 30 heavy (non-hydrogen) atoms. The Hall–Kier alpha value is -2.96. The maximum Gasteiger partial charge on any atom is 0.314 e. The SMILES string of the molecule is CCOC(=O)[C@@]1(Cc2ccccc2)C[C@H]2CC[C@@H]1N2C(=O)CCc1ccc(=O)[nH]n1. The first-order valence-electron chi connectivity index (χ1n) is 10.6. The maximum absolute atomic E-state index is 13.1. The fourth-order valence-electron chi connectivity index (χ4n) is 5.15. The molecule has 2 saturated heterocycles. The molecule has 1 N–H and O–H groups in total. The van der Waals surface area contributed by atoms with Crippen LogP contribution in [0.1, 0.15) is 43.9 Å². The zero-order valence-electron chi connectivity index (χ0n) is 17.2. The number of amides is 1. The molecule has 3 heterocycles. The summed E-state index contributed by atoms with van der Waals surface area (Å²) in [6.45, 7) is 2.15. The highest BCUT2D eigenvalue weighted by molar-refractivity contribution is 5.84.